The van der Waals surface area contributed by atoms with Crippen molar-refractivity contribution in [1.82, 2.24) is 4.90 Å². The van der Waals surface area contributed by atoms with Crippen LogP contribution in [0.25, 0.3) is 0 Å². The second-order valence-corrected chi connectivity index (χ2v) is 10.1. The smallest absolute Gasteiger partial charge is 0.335 e. The van der Waals surface area contributed by atoms with Gasteiger partial charge in [-0.2, -0.15) is 0 Å². The standard InChI is InChI=1S/C21H25F2NO.2C7H6O2/c22-19-4-2-17(3-5-19)16-18-10-13-24(14-11-18)12-1-15-25-21-8-6-20(23)7-9-21;2*8-7(9)6-4-2-1-3-5-6/h2-9,18H,1,10-16H2;2*1-5H,(H,8,9). The van der Waals surface area contributed by atoms with Gasteiger partial charge in [0.2, 0.25) is 0 Å². The van der Waals surface area contributed by atoms with Crippen molar-refractivity contribution in [2.75, 3.05) is 26.2 Å². The lowest BCUT2D eigenvalue weighted by molar-refractivity contribution is 0.0686. The fraction of sp³-hybridized carbons (Fsp3) is 0.257. The molecule has 4 aromatic carbocycles. The van der Waals surface area contributed by atoms with Gasteiger partial charge >= 0.3 is 11.9 Å². The topological polar surface area (TPSA) is 87.1 Å². The highest BCUT2D eigenvalue weighted by molar-refractivity contribution is 5.87. The maximum Gasteiger partial charge on any atom is 0.335 e. The molecule has 6 nitrogen and oxygen atoms in total. The molecule has 0 aromatic heterocycles. The Morgan fingerprint density at radius 2 is 1.16 bits per heavy atom. The third-order valence-electron chi connectivity index (χ3n) is 6.89. The normalized spacial score (nSPS) is 13.1. The van der Waals surface area contributed by atoms with Gasteiger partial charge in [0.25, 0.3) is 0 Å². The summed E-state index contributed by atoms with van der Waals surface area (Å²) in [7, 11) is 0. The number of hydrogen-bond acceptors (Lipinski definition) is 4. The largest absolute Gasteiger partial charge is 0.494 e. The van der Waals surface area contributed by atoms with Gasteiger partial charge in [-0.3, -0.25) is 0 Å². The number of carbonyl (C=O) groups is 2. The van der Waals surface area contributed by atoms with Crippen LogP contribution in [-0.2, 0) is 6.42 Å². The number of rotatable bonds is 9. The minimum absolute atomic E-state index is 0.165. The van der Waals surface area contributed by atoms with Crippen LogP contribution in [0, 0.1) is 17.6 Å². The Morgan fingerprint density at radius 1 is 0.698 bits per heavy atom. The molecule has 43 heavy (non-hydrogen) atoms. The first-order valence-corrected chi connectivity index (χ1v) is 14.2. The van der Waals surface area contributed by atoms with Crippen LogP contribution in [0.5, 0.6) is 5.75 Å². The highest BCUT2D eigenvalue weighted by atomic mass is 19.1. The van der Waals surface area contributed by atoms with Gasteiger partial charge in [0.15, 0.2) is 0 Å². The Kier molecular flexibility index (Phi) is 13.9. The first-order valence-electron chi connectivity index (χ1n) is 14.2. The van der Waals surface area contributed by atoms with Gasteiger partial charge in [0.05, 0.1) is 17.7 Å². The highest BCUT2D eigenvalue weighted by Crippen LogP contribution is 2.22. The number of aromatic carboxylic acids is 2. The zero-order valence-electron chi connectivity index (χ0n) is 23.9. The maximum atomic E-state index is 13.0. The quantitative estimate of drug-likeness (QED) is 0.197. The first-order chi connectivity index (χ1) is 20.8. The summed E-state index contributed by atoms with van der Waals surface area (Å²) in [5.74, 6) is -0.750. The average molecular weight is 590 g/mol. The lowest BCUT2D eigenvalue weighted by Crippen LogP contribution is -2.35. The molecule has 1 aliphatic rings. The lowest BCUT2D eigenvalue weighted by atomic mass is 9.90. The van der Waals surface area contributed by atoms with Gasteiger partial charge in [-0.05, 0) is 111 Å². The summed E-state index contributed by atoms with van der Waals surface area (Å²) >= 11 is 0. The van der Waals surface area contributed by atoms with E-state index >= 15 is 0 Å². The van der Waals surface area contributed by atoms with E-state index in [1.807, 2.05) is 12.1 Å². The third-order valence-corrected chi connectivity index (χ3v) is 6.89. The molecule has 0 aliphatic carbocycles. The van der Waals surface area contributed by atoms with Crippen LogP contribution in [0.4, 0.5) is 8.78 Å². The van der Waals surface area contributed by atoms with Crippen LogP contribution in [0.15, 0.2) is 109 Å². The molecular formula is C35H37F2NO5. The number of ether oxygens (including phenoxy) is 1. The SMILES string of the molecule is Fc1ccc(CC2CCN(CCCOc3ccc(F)cc3)CC2)cc1.O=C(O)c1ccccc1.O=C(O)c1ccccc1. The molecule has 226 valence electrons. The van der Waals surface area contributed by atoms with Gasteiger partial charge in [-0.25, -0.2) is 18.4 Å². The van der Waals surface area contributed by atoms with E-state index in [-0.39, 0.29) is 11.6 Å². The van der Waals surface area contributed by atoms with Crippen LogP contribution in [0.1, 0.15) is 45.5 Å². The van der Waals surface area contributed by atoms with Gasteiger partial charge in [0, 0.05) is 6.54 Å². The molecular weight excluding hydrogens is 552 g/mol. The number of carboxylic acid groups (broad SMARTS) is 2. The molecule has 1 aliphatic heterocycles. The average Bonchev–Trinajstić information content (AvgIpc) is 3.03. The molecule has 5 rings (SSSR count). The monoisotopic (exact) mass is 589 g/mol. The van der Waals surface area contributed by atoms with Gasteiger partial charge in [-0.15, -0.1) is 0 Å². The summed E-state index contributed by atoms with van der Waals surface area (Å²) in [5.41, 5.74) is 1.89. The Balaban J connectivity index is 0.000000228. The van der Waals surface area contributed by atoms with E-state index in [1.165, 1.54) is 30.5 Å². The van der Waals surface area contributed by atoms with Crippen molar-refractivity contribution in [2.24, 2.45) is 5.92 Å². The molecule has 0 bridgehead atoms. The van der Waals surface area contributed by atoms with Crippen LogP contribution >= 0.6 is 0 Å². The van der Waals surface area contributed by atoms with E-state index < -0.39 is 11.9 Å². The summed E-state index contributed by atoms with van der Waals surface area (Å²) in [6, 6.07) is 29.6. The number of hydrogen-bond donors (Lipinski definition) is 2. The molecule has 8 heteroatoms. The van der Waals surface area contributed by atoms with Crippen molar-refractivity contribution >= 4 is 11.9 Å². The fourth-order valence-corrected chi connectivity index (χ4v) is 4.54. The Hall–Kier alpha value is -4.56. The van der Waals surface area contributed by atoms with Crippen LogP contribution in [0.2, 0.25) is 0 Å². The Bertz CT molecular complexity index is 1310. The summed E-state index contributed by atoms with van der Waals surface area (Å²) < 4.78 is 31.4. The Labute approximate surface area is 251 Å². The number of piperidine rings is 1. The number of carboxylic acids is 2. The van der Waals surface area contributed by atoms with E-state index in [9.17, 15) is 18.4 Å². The zero-order chi connectivity index (χ0) is 30.9. The van der Waals surface area contributed by atoms with Gasteiger partial charge in [0.1, 0.15) is 17.4 Å². The van der Waals surface area contributed by atoms with Crippen LogP contribution < -0.4 is 4.74 Å². The first kappa shape index (κ1) is 32.9. The van der Waals surface area contributed by atoms with Crippen molar-refractivity contribution in [3.8, 4) is 5.75 Å². The lowest BCUT2D eigenvalue weighted by Gasteiger charge is -2.32. The number of benzene rings is 4. The molecule has 4 aromatic rings. The van der Waals surface area contributed by atoms with E-state index in [1.54, 1.807) is 84.9 Å². The minimum Gasteiger partial charge on any atom is -0.494 e. The van der Waals surface area contributed by atoms with Crippen molar-refractivity contribution in [2.45, 2.75) is 25.7 Å². The Morgan fingerprint density at radius 3 is 1.60 bits per heavy atom. The molecule has 0 radical (unpaired) electrons. The summed E-state index contributed by atoms with van der Waals surface area (Å²) in [4.78, 5) is 22.9. The molecule has 0 amide bonds. The number of likely N-dealkylation sites (tertiary alicyclic amines) is 1. The molecule has 0 spiro atoms. The van der Waals surface area contributed by atoms with E-state index in [0.717, 1.165) is 38.2 Å². The summed E-state index contributed by atoms with van der Waals surface area (Å²) in [6.07, 6.45) is 4.40. The predicted octanol–water partition coefficient (Wildman–Crippen LogP) is 7.46. The summed E-state index contributed by atoms with van der Waals surface area (Å²) in [6.45, 7) is 3.91. The highest BCUT2D eigenvalue weighted by Gasteiger charge is 2.19. The summed E-state index contributed by atoms with van der Waals surface area (Å²) in [5, 5.41) is 16.8. The molecule has 0 saturated carbocycles. The fourth-order valence-electron chi connectivity index (χ4n) is 4.54. The van der Waals surface area contributed by atoms with Gasteiger partial charge in [-0.1, -0.05) is 48.5 Å². The molecule has 0 atom stereocenters. The van der Waals surface area contributed by atoms with Gasteiger partial charge < -0.3 is 19.8 Å². The number of nitrogens with zero attached hydrogens (tertiary/aromatic N) is 1. The molecule has 0 unspecified atom stereocenters. The number of halogens is 2. The molecule has 1 saturated heterocycles. The van der Waals surface area contributed by atoms with Crippen molar-refractivity contribution in [3.05, 3.63) is 138 Å². The van der Waals surface area contributed by atoms with E-state index in [0.29, 0.717) is 23.7 Å². The van der Waals surface area contributed by atoms with Crippen LogP contribution in [0.3, 0.4) is 0 Å². The second kappa shape index (κ2) is 18.1. The second-order valence-electron chi connectivity index (χ2n) is 10.1. The van der Waals surface area contributed by atoms with Crippen molar-refractivity contribution in [3.63, 3.8) is 0 Å². The van der Waals surface area contributed by atoms with Crippen molar-refractivity contribution in [1.29, 1.82) is 0 Å². The molecule has 1 fully saturated rings. The van der Waals surface area contributed by atoms with Crippen LogP contribution in [-0.4, -0.2) is 53.3 Å². The predicted molar refractivity (Wildman–Crippen MR) is 163 cm³/mol. The maximum absolute atomic E-state index is 13.0. The third kappa shape index (κ3) is 12.9. The van der Waals surface area contributed by atoms with E-state index in [4.69, 9.17) is 14.9 Å². The van der Waals surface area contributed by atoms with E-state index in [2.05, 4.69) is 4.90 Å². The van der Waals surface area contributed by atoms with Crippen molar-refractivity contribution < 1.29 is 33.3 Å². The minimum atomic E-state index is -0.879. The zero-order valence-corrected chi connectivity index (χ0v) is 23.9. The molecule has 2 N–H and O–H groups in total. The molecule has 1 heterocycles.